The molecule has 9 nitrogen and oxygen atoms in total. The van der Waals surface area contributed by atoms with Crippen LogP contribution in [0, 0.1) is 5.82 Å². The number of nitrogens with one attached hydrogen (secondary N) is 1. The van der Waals surface area contributed by atoms with Crippen molar-refractivity contribution in [2.45, 2.75) is 19.8 Å². The van der Waals surface area contributed by atoms with Crippen LogP contribution >= 0.6 is 11.6 Å². The molecule has 3 heterocycles. The first-order valence-corrected chi connectivity index (χ1v) is 13.2. The summed E-state index contributed by atoms with van der Waals surface area (Å²) in [6.45, 7) is 3.82. The molecule has 0 aliphatic carbocycles. The highest BCUT2D eigenvalue weighted by molar-refractivity contribution is 6.32. The number of ketones is 1. The Bertz CT molecular complexity index is 1570. The molecule has 11 heteroatoms. The first-order valence-electron chi connectivity index (χ1n) is 12.9. The third kappa shape index (κ3) is 5.48. The second-order valence-electron chi connectivity index (χ2n) is 9.53. The second-order valence-corrected chi connectivity index (χ2v) is 9.93. The predicted octanol–water partition coefficient (Wildman–Crippen LogP) is 6.32. The van der Waals surface area contributed by atoms with Gasteiger partial charge in [-0.2, -0.15) is 0 Å². The number of rotatable bonds is 7. The third-order valence-electron chi connectivity index (χ3n) is 6.89. The lowest BCUT2D eigenvalue weighted by Crippen LogP contribution is -2.48. The smallest absolute Gasteiger partial charge is 0.407 e. The number of carbonyl (C=O) groups excluding carboxylic acids is 1. The number of benzene rings is 2. The summed E-state index contributed by atoms with van der Waals surface area (Å²) in [5, 5.41) is 22.8. The number of halogens is 2. The summed E-state index contributed by atoms with van der Waals surface area (Å²) in [5.74, 6) is -0.778. The van der Waals surface area contributed by atoms with Crippen molar-refractivity contribution < 1.29 is 24.2 Å². The zero-order valence-corrected chi connectivity index (χ0v) is 22.5. The largest absolute Gasteiger partial charge is 0.504 e. The van der Waals surface area contributed by atoms with E-state index in [9.17, 15) is 24.2 Å². The van der Waals surface area contributed by atoms with Gasteiger partial charge in [-0.05, 0) is 53.9 Å². The van der Waals surface area contributed by atoms with Gasteiger partial charge in [0.15, 0.2) is 17.3 Å². The van der Waals surface area contributed by atoms with E-state index < -0.39 is 17.7 Å². The van der Waals surface area contributed by atoms with Gasteiger partial charge in [0.05, 0.1) is 33.7 Å². The maximum absolute atomic E-state index is 14.2. The van der Waals surface area contributed by atoms with Gasteiger partial charge < -0.3 is 25.3 Å². The Morgan fingerprint density at radius 1 is 1.02 bits per heavy atom. The third-order valence-corrected chi connectivity index (χ3v) is 7.18. The van der Waals surface area contributed by atoms with Crippen molar-refractivity contribution in [1.82, 2.24) is 14.9 Å². The van der Waals surface area contributed by atoms with Crippen molar-refractivity contribution in [3.8, 4) is 16.9 Å². The molecule has 5 rings (SSSR count). The van der Waals surface area contributed by atoms with Crippen LogP contribution in [0.1, 0.15) is 30.1 Å². The number of amides is 1. The fourth-order valence-corrected chi connectivity index (χ4v) is 4.94. The molecule has 0 unspecified atom stereocenters. The number of pyridine rings is 2. The zero-order chi connectivity index (χ0) is 28.4. The topological polar surface area (TPSA) is 119 Å². The monoisotopic (exact) mass is 563 g/mol. The molecule has 1 aliphatic heterocycles. The van der Waals surface area contributed by atoms with Crippen molar-refractivity contribution in [3.63, 3.8) is 0 Å². The molecule has 40 heavy (non-hydrogen) atoms. The standard InChI is InChI=1S/C29H27ClFN5O4/c1-2-3-25(37)21-16-32-24-6-4-17(18-13-22(30)28(38)23(31)14-18)12-20(24)27(21)34-19-5-7-26(33-15-19)35-8-10-36(11-9-35)29(39)40/h4-7,12-16,38H,2-3,8-11H2,1H3,(H,32,34)(H,39,40). The maximum Gasteiger partial charge on any atom is 0.407 e. The Hall–Kier alpha value is -4.44. The number of hydrogen-bond acceptors (Lipinski definition) is 7. The van der Waals surface area contributed by atoms with Gasteiger partial charge in [0, 0.05) is 44.2 Å². The van der Waals surface area contributed by atoms with Gasteiger partial charge in [-0.3, -0.25) is 9.78 Å². The highest BCUT2D eigenvalue weighted by atomic mass is 35.5. The molecule has 2 aromatic heterocycles. The van der Waals surface area contributed by atoms with Crippen molar-refractivity contribution in [2.75, 3.05) is 36.4 Å². The van der Waals surface area contributed by atoms with Gasteiger partial charge >= 0.3 is 6.09 Å². The molecule has 3 N–H and O–H groups in total. The fourth-order valence-electron chi connectivity index (χ4n) is 4.73. The molecular weight excluding hydrogens is 537 g/mol. The van der Waals surface area contributed by atoms with Gasteiger partial charge in [-0.25, -0.2) is 14.2 Å². The van der Waals surface area contributed by atoms with E-state index in [0.29, 0.717) is 78.0 Å². The Morgan fingerprint density at radius 3 is 2.45 bits per heavy atom. The fraction of sp³-hybridized carbons (Fsp3) is 0.241. The number of piperazine rings is 1. The molecule has 0 atom stereocenters. The Kier molecular flexibility index (Phi) is 7.70. The van der Waals surface area contributed by atoms with Crippen LogP contribution in [0.5, 0.6) is 5.75 Å². The molecule has 1 saturated heterocycles. The zero-order valence-electron chi connectivity index (χ0n) is 21.7. The number of phenolic OH excluding ortho intramolecular Hbond substituents is 1. The molecule has 0 radical (unpaired) electrons. The number of hydrogen-bond donors (Lipinski definition) is 3. The number of Topliss-reactive ketones (excluding diaryl/α,β-unsaturated/α-hetero) is 1. The molecule has 1 fully saturated rings. The lowest BCUT2D eigenvalue weighted by molar-refractivity contribution is 0.0982. The Morgan fingerprint density at radius 2 is 1.80 bits per heavy atom. The SMILES string of the molecule is CCCC(=O)c1cnc2ccc(-c3cc(F)c(O)c(Cl)c3)cc2c1Nc1ccc(N2CCN(C(=O)O)CC2)nc1. The first-order chi connectivity index (χ1) is 19.2. The summed E-state index contributed by atoms with van der Waals surface area (Å²) in [6.07, 6.45) is 3.32. The van der Waals surface area contributed by atoms with Crippen LogP contribution < -0.4 is 10.2 Å². The van der Waals surface area contributed by atoms with Gasteiger partial charge in [-0.15, -0.1) is 0 Å². The van der Waals surface area contributed by atoms with Crippen LogP contribution in [-0.4, -0.2) is 63.1 Å². The lowest BCUT2D eigenvalue weighted by atomic mass is 9.99. The highest BCUT2D eigenvalue weighted by Gasteiger charge is 2.22. The molecule has 0 bridgehead atoms. The van der Waals surface area contributed by atoms with Gasteiger partial charge in [0.2, 0.25) is 0 Å². The summed E-state index contributed by atoms with van der Waals surface area (Å²) in [7, 11) is 0. The summed E-state index contributed by atoms with van der Waals surface area (Å²) < 4.78 is 14.2. The number of carbonyl (C=O) groups is 2. The van der Waals surface area contributed by atoms with Crippen LogP contribution in [0.15, 0.2) is 54.9 Å². The molecule has 1 amide bonds. The van der Waals surface area contributed by atoms with Crippen molar-refractivity contribution in [2.24, 2.45) is 0 Å². The first kappa shape index (κ1) is 27.1. The van der Waals surface area contributed by atoms with E-state index in [1.54, 1.807) is 30.6 Å². The van der Waals surface area contributed by atoms with Gasteiger partial charge in [-0.1, -0.05) is 24.6 Å². The normalized spacial score (nSPS) is 13.5. The minimum atomic E-state index is -0.924. The van der Waals surface area contributed by atoms with E-state index in [-0.39, 0.29) is 10.8 Å². The van der Waals surface area contributed by atoms with Crippen molar-refractivity contribution in [1.29, 1.82) is 0 Å². The summed E-state index contributed by atoms with van der Waals surface area (Å²) in [5.41, 5.74) is 3.36. The van der Waals surface area contributed by atoms with Crippen molar-refractivity contribution in [3.05, 3.63) is 71.3 Å². The average molecular weight is 564 g/mol. The Balaban J connectivity index is 1.50. The van der Waals surface area contributed by atoms with E-state index in [0.717, 1.165) is 5.82 Å². The molecular formula is C29H27ClFN5O4. The number of aromatic hydroxyl groups is 1. The highest BCUT2D eigenvalue weighted by Crippen LogP contribution is 2.36. The van der Waals surface area contributed by atoms with Crippen LogP contribution in [0.3, 0.4) is 0 Å². The van der Waals surface area contributed by atoms with Crippen LogP contribution in [0.25, 0.3) is 22.0 Å². The van der Waals surface area contributed by atoms with E-state index in [4.69, 9.17) is 11.6 Å². The maximum atomic E-state index is 14.2. The molecule has 206 valence electrons. The minimum absolute atomic E-state index is 0.0654. The van der Waals surface area contributed by atoms with E-state index >= 15 is 0 Å². The van der Waals surface area contributed by atoms with Gasteiger partial charge in [0.25, 0.3) is 0 Å². The summed E-state index contributed by atoms with van der Waals surface area (Å²) in [6, 6.07) is 11.7. The number of phenols is 1. The predicted molar refractivity (Wildman–Crippen MR) is 152 cm³/mol. The number of fused-ring (bicyclic) bond motifs is 1. The molecule has 4 aromatic rings. The summed E-state index contributed by atoms with van der Waals surface area (Å²) in [4.78, 5) is 36.7. The number of nitrogens with zero attached hydrogens (tertiary/aromatic N) is 4. The van der Waals surface area contributed by atoms with Crippen LogP contribution in [0.2, 0.25) is 5.02 Å². The molecule has 0 spiro atoms. The van der Waals surface area contributed by atoms with E-state index in [1.807, 2.05) is 24.0 Å². The Labute approximate surface area is 234 Å². The van der Waals surface area contributed by atoms with Gasteiger partial charge in [0.1, 0.15) is 5.82 Å². The van der Waals surface area contributed by atoms with E-state index in [2.05, 4.69) is 15.3 Å². The number of anilines is 3. The minimum Gasteiger partial charge on any atom is -0.504 e. The molecule has 2 aromatic carbocycles. The molecule has 0 saturated carbocycles. The quantitative estimate of drug-likeness (QED) is 0.223. The summed E-state index contributed by atoms with van der Waals surface area (Å²) >= 11 is 6.02. The van der Waals surface area contributed by atoms with E-state index in [1.165, 1.54) is 17.0 Å². The average Bonchev–Trinajstić information content (AvgIpc) is 2.96. The number of aromatic nitrogens is 2. The number of carboxylic acid groups (broad SMARTS) is 1. The lowest BCUT2D eigenvalue weighted by Gasteiger charge is -2.33. The van der Waals surface area contributed by atoms with Crippen LogP contribution in [0.4, 0.5) is 26.4 Å². The van der Waals surface area contributed by atoms with Crippen LogP contribution in [-0.2, 0) is 0 Å². The second kappa shape index (κ2) is 11.4. The molecule has 1 aliphatic rings. The van der Waals surface area contributed by atoms with Crippen molar-refractivity contribution >= 4 is 51.6 Å².